The predicted molar refractivity (Wildman–Crippen MR) is 63.4 cm³/mol. The van der Waals surface area contributed by atoms with Gasteiger partial charge in [-0.15, -0.1) is 0 Å². The average molecular weight is 292 g/mol. The zero-order chi connectivity index (χ0) is 15.7. The minimum atomic E-state index is -1.34. The number of carbonyl (C=O) groups is 4. The van der Waals surface area contributed by atoms with Crippen LogP contribution in [0.2, 0.25) is 0 Å². The van der Waals surface area contributed by atoms with Gasteiger partial charge < -0.3 is 31.1 Å². The van der Waals surface area contributed by atoms with Gasteiger partial charge >= 0.3 is 23.9 Å². The second kappa shape index (κ2) is 8.82. The highest BCUT2D eigenvalue weighted by atomic mass is 16.4. The fourth-order valence-corrected chi connectivity index (χ4v) is 1.34. The van der Waals surface area contributed by atoms with Crippen LogP contribution < -0.4 is 10.6 Å². The van der Waals surface area contributed by atoms with Crippen LogP contribution in [0.3, 0.4) is 0 Å². The van der Waals surface area contributed by atoms with Crippen molar-refractivity contribution in [2.45, 2.75) is 24.9 Å². The molecule has 20 heavy (non-hydrogen) atoms. The van der Waals surface area contributed by atoms with E-state index in [4.69, 9.17) is 20.4 Å². The number of carboxylic acid groups (broad SMARTS) is 4. The SMILES string of the molecule is O=C(O)C[C@@H](NCCN[C@H](CC(=O)O)C(=O)O)C(=O)O. The molecule has 0 saturated heterocycles. The molecular weight excluding hydrogens is 276 g/mol. The maximum atomic E-state index is 10.7. The van der Waals surface area contributed by atoms with Gasteiger partial charge in [-0.1, -0.05) is 0 Å². The van der Waals surface area contributed by atoms with Crippen LogP contribution in [0.5, 0.6) is 0 Å². The molecule has 0 aliphatic carbocycles. The quantitative estimate of drug-likeness (QED) is 0.234. The Morgan fingerprint density at radius 2 is 1.00 bits per heavy atom. The van der Waals surface area contributed by atoms with Gasteiger partial charge in [-0.05, 0) is 0 Å². The lowest BCUT2D eigenvalue weighted by molar-refractivity contribution is -0.146. The molecule has 2 atom stereocenters. The number of nitrogens with one attached hydrogen (secondary N) is 2. The molecule has 0 fully saturated rings. The predicted octanol–water partition coefficient (Wildman–Crippen LogP) is -1.98. The van der Waals surface area contributed by atoms with Crippen molar-refractivity contribution >= 4 is 23.9 Å². The molecule has 0 aromatic heterocycles. The van der Waals surface area contributed by atoms with Gasteiger partial charge in [0.2, 0.25) is 0 Å². The topological polar surface area (TPSA) is 173 Å². The Morgan fingerprint density at radius 1 is 0.700 bits per heavy atom. The van der Waals surface area contributed by atoms with E-state index in [0.717, 1.165) is 0 Å². The molecule has 0 amide bonds. The standard InChI is InChI=1S/C10H16N2O8/c13-7(14)3-5(9(17)18)11-1-2-12-6(10(19)20)4-8(15)16/h5-6,11-12H,1-4H2,(H,13,14)(H,15,16)(H,17,18)(H,19,20)/t5-,6-/m1/s1. The van der Waals surface area contributed by atoms with Crippen LogP contribution >= 0.6 is 0 Å². The lowest BCUT2D eigenvalue weighted by Gasteiger charge is -2.15. The molecule has 0 unspecified atom stereocenters. The number of carboxylic acids is 4. The number of hydrogen-bond acceptors (Lipinski definition) is 6. The van der Waals surface area contributed by atoms with Crippen molar-refractivity contribution < 1.29 is 39.6 Å². The summed E-state index contributed by atoms with van der Waals surface area (Å²) in [6.45, 7) is -0.0404. The second-order valence-corrected chi connectivity index (χ2v) is 3.89. The molecule has 0 aromatic rings. The summed E-state index contributed by atoms with van der Waals surface area (Å²) in [4.78, 5) is 42.2. The van der Waals surface area contributed by atoms with Crippen LogP contribution in [-0.4, -0.2) is 69.5 Å². The van der Waals surface area contributed by atoms with E-state index in [1.807, 2.05) is 0 Å². The maximum absolute atomic E-state index is 10.7. The smallest absolute Gasteiger partial charge is 0.321 e. The highest BCUT2D eigenvalue weighted by molar-refractivity contribution is 5.81. The van der Waals surface area contributed by atoms with E-state index in [2.05, 4.69) is 10.6 Å². The number of hydrogen-bond donors (Lipinski definition) is 6. The molecule has 0 saturated carbocycles. The first kappa shape index (κ1) is 17.8. The molecule has 0 spiro atoms. The van der Waals surface area contributed by atoms with Crippen LogP contribution in [0.1, 0.15) is 12.8 Å². The summed E-state index contributed by atoms with van der Waals surface area (Å²) in [6.07, 6.45) is -1.24. The minimum Gasteiger partial charge on any atom is -0.481 e. The van der Waals surface area contributed by atoms with Gasteiger partial charge in [0.25, 0.3) is 0 Å². The molecule has 10 heteroatoms. The van der Waals surface area contributed by atoms with Crippen molar-refractivity contribution in [3.8, 4) is 0 Å². The summed E-state index contributed by atoms with van der Waals surface area (Å²) >= 11 is 0. The molecule has 0 aliphatic heterocycles. The van der Waals surface area contributed by atoms with Crippen LogP contribution in [-0.2, 0) is 19.2 Å². The van der Waals surface area contributed by atoms with Gasteiger partial charge in [0.05, 0.1) is 12.8 Å². The first-order valence-corrected chi connectivity index (χ1v) is 5.60. The van der Waals surface area contributed by atoms with Crippen molar-refractivity contribution in [3.05, 3.63) is 0 Å². The molecule has 114 valence electrons. The number of aliphatic carboxylic acids is 4. The zero-order valence-corrected chi connectivity index (χ0v) is 10.4. The molecule has 0 rings (SSSR count). The molecule has 10 nitrogen and oxygen atoms in total. The summed E-state index contributed by atoms with van der Waals surface area (Å²) in [6, 6.07) is -2.59. The summed E-state index contributed by atoms with van der Waals surface area (Å²) in [7, 11) is 0. The third-order valence-corrected chi connectivity index (χ3v) is 2.26. The Kier molecular flexibility index (Phi) is 7.85. The monoisotopic (exact) mass is 292 g/mol. The Morgan fingerprint density at radius 3 is 1.20 bits per heavy atom. The molecule has 0 aliphatic rings. The van der Waals surface area contributed by atoms with Crippen molar-refractivity contribution in [3.63, 3.8) is 0 Å². The third kappa shape index (κ3) is 8.00. The van der Waals surface area contributed by atoms with Crippen LogP contribution in [0.15, 0.2) is 0 Å². The van der Waals surface area contributed by atoms with Crippen molar-refractivity contribution in [2.24, 2.45) is 0 Å². The van der Waals surface area contributed by atoms with Crippen molar-refractivity contribution in [2.75, 3.05) is 13.1 Å². The van der Waals surface area contributed by atoms with E-state index in [1.54, 1.807) is 0 Å². The molecular formula is C10H16N2O8. The van der Waals surface area contributed by atoms with Gasteiger partial charge in [-0.2, -0.15) is 0 Å². The maximum Gasteiger partial charge on any atom is 0.321 e. The second-order valence-electron chi connectivity index (χ2n) is 3.89. The average Bonchev–Trinajstić information content (AvgIpc) is 2.29. The highest BCUT2D eigenvalue weighted by Gasteiger charge is 2.22. The van der Waals surface area contributed by atoms with Gasteiger partial charge in [0.1, 0.15) is 12.1 Å². The normalized spacial score (nSPS) is 13.4. The summed E-state index contributed by atoms with van der Waals surface area (Å²) in [5.41, 5.74) is 0. The first-order valence-electron chi connectivity index (χ1n) is 5.60. The molecule has 0 bridgehead atoms. The molecule has 0 aromatic carbocycles. The fraction of sp³-hybridized carbons (Fsp3) is 0.600. The lowest BCUT2D eigenvalue weighted by atomic mass is 10.2. The van der Waals surface area contributed by atoms with Crippen LogP contribution in [0.4, 0.5) is 0 Å². The van der Waals surface area contributed by atoms with Gasteiger partial charge in [0, 0.05) is 13.1 Å². The van der Waals surface area contributed by atoms with E-state index in [-0.39, 0.29) is 13.1 Å². The lowest BCUT2D eigenvalue weighted by Crippen LogP contribution is -2.45. The van der Waals surface area contributed by atoms with E-state index in [1.165, 1.54) is 0 Å². The van der Waals surface area contributed by atoms with Crippen molar-refractivity contribution in [1.82, 2.24) is 10.6 Å². The van der Waals surface area contributed by atoms with E-state index in [9.17, 15) is 19.2 Å². The van der Waals surface area contributed by atoms with Crippen LogP contribution in [0.25, 0.3) is 0 Å². The first-order chi connectivity index (χ1) is 9.23. The third-order valence-electron chi connectivity index (χ3n) is 2.26. The zero-order valence-electron chi connectivity index (χ0n) is 10.4. The molecule has 0 radical (unpaired) electrons. The van der Waals surface area contributed by atoms with Gasteiger partial charge in [0.15, 0.2) is 0 Å². The highest BCUT2D eigenvalue weighted by Crippen LogP contribution is 1.94. The van der Waals surface area contributed by atoms with Gasteiger partial charge in [-0.25, -0.2) is 0 Å². The van der Waals surface area contributed by atoms with Crippen molar-refractivity contribution in [1.29, 1.82) is 0 Å². The molecule has 0 heterocycles. The van der Waals surface area contributed by atoms with Gasteiger partial charge in [-0.3, -0.25) is 19.2 Å². The Balaban J connectivity index is 4.13. The van der Waals surface area contributed by atoms with E-state index < -0.39 is 48.8 Å². The Hall–Kier alpha value is -2.20. The summed E-state index contributed by atoms with van der Waals surface area (Å²) < 4.78 is 0. The summed E-state index contributed by atoms with van der Waals surface area (Å²) in [5.74, 6) is -5.25. The Labute approximate surface area is 113 Å². The minimum absolute atomic E-state index is 0.0202. The molecule has 6 N–H and O–H groups in total. The fourth-order valence-electron chi connectivity index (χ4n) is 1.34. The summed E-state index contributed by atoms with van der Waals surface area (Å²) in [5, 5.41) is 39.2. The number of rotatable bonds is 11. The largest absolute Gasteiger partial charge is 0.481 e. The Bertz CT molecular complexity index is 347. The van der Waals surface area contributed by atoms with Crippen LogP contribution in [0, 0.1) is 0 Å². The van der Waals surface area contributed by atoms with E-state index >= 15 is 0 Å². The van der Waals surface area contributed by atoms with E-state index in [0.29, 0.717) is 0 Å².